The van der Waals surface area contributed by atoms with Crippen LogP contribution in [-0.2, 0) is 0 Å². The van der Waals surface area contributed by atoms with Crippen LogP contribution in [0.15, 0.2) is 0 Å². The first-order valence-corrected chi connectivity index (χ1v) is 13.5. The third-order valence-corrected chi connectivity index (χ3v) is 7.33. The Bertz CT molecular complexity index is 326. The quantitative estimate of drug-likeness (QED) is 0.176. The standard InChI is InChI=1S/C29H60/c1-9-11-15-21-27(3,4)23-17-13-19-25-29(7,8)26-20-14-18-24-28(5,6)22-16-12-10-2/h9-26H2,1-8H3. The van der Waals surface area contributed by atoms with E-state index in [1.165, 1.54) is 116 Å². The molecule has 0 radical (unpaired) electrons. The lowest BCUT2D eigenvalue weighted by molar-refractivity contribution is 0.256. The maximum atomic E-state index is 2.51. The Labute approximate surface area is 187 Å². The number of rotatable bonds is 20. The zero-order valence-corrected chi connectivity index (χ0v) is 22.2. The Morgan fingerprint density at radius 2 is 0.517 bits per heavy atom. The summed E-state index contributed by atoms with van der Waals surface area (Å²) in [5, 5.41) is 0. The summed E-state index contributed by atoms with van der Waals surface area (Å²) < 4.78 is 0. The Hall–Kier alpha value is 0. The number of hydrogen-bond acceptors (Lipinski definition) is 0. The van der Waals surface area contributed by atoms with Gasteiger partial charge in [0.25, 0.3) is 0 Å². The molecule has 29 heavy (non-hydrogen) atoms. The highest BCUT2D eigenvalue weighted by molar-refractivity contribution is 4.72. The highest BCUT2D eigenvalue weighted by Gasteiger charge is 2.20. The summed E-state index contributed by atoms with van der Waals surface area (Å²) in [5.41, 5.74) is 1.68. The molecule has 0 unspecified atom stereocenters. The van der Waals surface area contributed by atoms with E-state index >= 15 is 0 Å². The summed E-state index contributed by atoms with van der Waals surface area (Å²) in [6.45, 7) is 19.6. The van der Waals surface area contributed by atoms with Crippen LogP contribution in [0.4, 0.5) is 0 Å². The lowest BCUT2D eigenvalue weighted by Crippen LogP contribution is -2.13. The van der Waals surface area contributed by atoms with Gasteiger partial charge in [-0.3, -0.25) is 0 Å². The van der Waals surface area contributed by atoms with Gasteiger partial charge in [-0.2, -0.15) is 0 Å². The van der Waals surface area contributed by atoms with E-state index in [-0.39, 0.29) is 0 Å². The van der Waals surface area contributed by atoms with Crippen molar-refractivity contribution in [2.45, 2.75) is 171 Å². The van der Waals surface area contributed by atoms with Gasteiger partial charge >= 0.3 is 0 Å². The Morgan fingerprint density at radius 1 is 0.310 bits per heavy atom. The fourth-order valence-electron chi connectivity index (χ4n) is 4.85. The lowest BCUT2D eigenvalue weighted by atomic mass is 9.79. The molecule has 0 spiro atoms. The van der Waals surface area contributed by atoms with E-state index in [0.717, 1.165) is 0 Å². The normalized spacial score (nSPS) is 13.2. The first kappa shape index (κ1) is 29.0. The van der Waals surface area contributed by atoms with Gasteiger partial charge in [0.2, 0.25) is 0 Å². The molecule has 0 rings (SSSR count). The molecule has 0 N–H and O–H groups in total. The van der Waals surface area contributed by atoms with Crippen molar-refractivity contribution in [1.29, 1.82) is 0 Å². The molecule has 0 aliphatic rings. The van der Waals surface area contributed by atoms with Crippen LogP contribution in [0.1, 0.15) is 171 Å². The average Bonchev–Trinajstić information content (AvgIpc) is 2.61. The fraction of sp³-hybridized carbons (Fsp3) is 1.00. The molecule has 0 nitrogen and oxygen atoms in total. The second-order valence-corrected chi connectivity index (χ2v) is 12.5. The molecule has 0 amide bonds. The van der Waals surface area contributed by atoms with Crippen LogP contribution in [-0.4, -0.2) is 0 Å². The SMILES string of the molecule is CCCCCC(C)(C)CCCCCC(C)(C)CCCCCC(C)(C)CCCCC. The van der Waals surface area contributed by atoms with Gasteiger partial charge in [-0.25, -0.2) is 0 Å². The van der Waals surface area contributed by atoms with E-state index in [4.69, 9.17) is 0 Å². The second-order valence-electron chi connectivity index (χ2n) is 12.5. The van der Waals surface area contributed by atoms with E-state index in [9.17, 15) is 0 Å². The first-order valence-electron chi connectivity index (χ1n) is 13.5. The summed E-state index contributed by atoms with van der Waals surface area (Å²) in [6, 6.07) is 0. The van der Waals surface area contributed by atoms with Gasteiger partial charge in [-0.15, -0.1) is 0 Å². The van der Waals surface area contributed by atoms with Crippen LogP contribution < -0.4 is 0 Å². The molecule has 0 saturated carbocycles. The summed E-state index contributed by atoms with van der Waals surface area (Å²) in [5.74, 6) is 0. The molecule has 0 aromatic rings. The largest absolute Gasteiger partial charge is 0.0654 e. The molecule has 0 aromatic carbocycles. The summed E-state index contributed by atoms with van der Waals surface area (Å²) in [6.07, 6.45) is 25.5. The van der Waals surface area contributed by atoms with Crippen molar-refractivity contribution in [3.05, 3.63) is 0 Å². The van der Waals surface area contributed by atoms with Crippen LogP contribution >= 0.6 is 0 Å². The van der Waals surface area contributed by atoms with E-state index in [1.807, 2.05) is 0 Å². The molecule has 0 heterocycles. The number of hydrogen-bond donors (Lipinski definition) is 0. The topological polar surface area (TPSA) is 0 Å². The summed E-state index contributed by atoms with van der Waals surface area (Å²) in [4.78, 5) is 0. The maximum absolute atomic E-state index is 2.51. The van der Waals surface area contributed by atoms with Crippen LogP contribution in [0, 0.1) is 16.2 Å². The minimum absolute atomic E-state index is 0.549. The van der Waals surface area contributed by atoms with Crippen molar-refractivity contribution in [3.63, 3.8) is 0 Å². The third-order valence-electron chi connectivity index (χ3n) is 7.33. The van der Waals surface area contributed by atoms with Crippen LogP contribution in [0.3, 0.4) is 0 Å². The third kappa shape index (κ3) is 18.5. The van der Waals surface area contributed by atoms with Gasteiger partial charge < -0.3 is 0 Å². The van der Waals surface area contributed by atoms with Crippen LogP contribution in [0.5, 0.6) is 0 Å². The molecule has 0 saturated heterocycles. The molecule has 0 aromatic heterocycles. The summed E-state index contributed by atoms with van der Waals surface area (Å²) in [7, 11) is 0. The van der Waals surface area contributed by atoms with Gasteiger partial charge in [-0.1, -0.05) is 132 Å². The minimum atomic E-state index is 0.549. The molecule has 0 bridgehead atoms. The zero-order valence-electron chi connectivity index (χ0n) is 22.2. The zero-order chi connectivity index (χ0) is 22.2. The Balaban J connectivity index is 3.78. The molecule has 0 heteroatoms. The van der Waals surface area contributed by atoms with Crippen LogP contribution in [0.2, 0.25) is 0 Å². The monoisotopic (exact) mass is 408 g/mol. The van der Waals surface area contributed by atoms with Gasteiger partial charge in [0.1, 0.15) is 0 Å². The van der Waals surface area contributed by atoms with Crippen LogP contribution in [0.25, 0.3) is 0 Å². The second kappa shape index (κ2) is 15.8. The Morgan fingerprint density at radius 3 is 0.724 bits per heavy atom. The predicted octanol–water partition coefficient (Wildman–Crippen LogP) is 11.1. The number of unbranched alkanes of at least 4 members (excludes halogenated alkanes) is 8. The molecular weight excluding hydrogens is 348 g/mol. The van der Waals surface area contributed by atoms with Crippen molar-refractivity contribution in [3.8, 4) is 0 Å². The highest BCUT2D eigenvalue weighted by atomic mass is 14.3. The smallest absolute Gasteiger partial charge is 0.0354 e. The van der Waals surface area contributed by atoms with Crippen molar-refractivity contribution >= 4 is 0 Å². The lowest BCUT2D eigenvalue weighted by Gasteiger charge is -2.27. The Kier molecular flexibility index (Phi) is 15.8. The summed E-state index contributed by atoms with van der Waals surface area (Å²) >= 11 is 0. The predicted molar refractivity (Wildman–Crippen MR) is 136 cm³/mol. The van der Waals surface area contributed by atoms with Crippen molar-refractivity contribution in [2.24, 2.45) is 16.2 Å². The van der Waals surface area contributed by atoms with Gasteiger partial charge in [0.15, 0.2) is 0 Å². The molecule has 0 atom stereocenters. The van der Waals surface area contributed by atoms with E-state index in [2.05, 4.69) is 55.4 Å². The van der Waals surface area contributed by atoms with Gasteiger partial charge in [0, 0.05) is 0 Å². The van der Waals surface area contributed by atoms with E-state index in [0.29, 0.717) is 16.2 Å². The molecule has 176 valence electrons. The van der Waals surface area contributed by atoms with E-state index < -0.39 is 0 Å². The molecule has 0 aliphatic carbocycles. The molecule has 0 fully saturated rings. The fourth-order valence-corrected chi connectivity index (χ4v) is 4.85. The first-order chi connectivity index (χ1) is 13.5. The van der Waals surface area contributed by atoms with Crippen molar-refractivity contribution in [1.82, 2.24) is 0 Å². The van der Waals surface area contributed by atoms with Gasteiger partial charge in [-0.05, 0) is 54.8 Å². The van der Waals surface area contributed by atoms with E-state index in [1.54, 1.807) is 0 Å². The maximum Gasteiger partial charge on any atom is -0.0354 e. The highest BCUT2D eigenvalue weighted by Crippen LogP contribution is 2.34. The average molecular weight is 409 g/mol. The van der Waals surface area contributed by atoms with Crippen molar-refractivity contribution in [2.75, 3.05) is 0 Å². The minimum Gasteiger partial charge on any atom is -0.0654 e. The molecular formula is C29H60. The van der Waals surface area contributed by atoms with Crippen molar-refractivity contribution < 1.29 is 0 Å². The molecule has 0 aliphatic heterocycles. The van der Waals surface area contributed by atoms with Gasteiger partial charge in [0.05, 0.1) is 0 Å².